The van der Waals surface area contributed by atoms with Crippen LogP contribution in [0.2, 0.25) is 20.1 Å². The number of benzene rings is 9. The zero-order valence-electron chi connectivity index (χ0n) is 81.4. The maximum Gasteiger partial charge on any atom is 0.416 e. The first-order valence-corrected chi connectivity index (χ1v) is 50.7. The highest BCUT2D eigenvalue weighted by molar-refractivity contribution is 6.32. The van der Waals surface area contributed by atoms with E-state index in [0.29, 0.717) is 124 Å². The molecule has 0 aliphatic carbocycles. The molecule has 0 spiro atoms. The van der Waals surface area contributed by atoms with Gasteiger partial charge in [0.25, 0.3) is 0 Å². The number of nitrogens with one attached hydrogen (secondary N) is 4. The van der Waals surface area contributed by atoms with E-state index < -0.39 is 0 Å². The fourth-order valence-electron chi connectivity index (χ4n) is 18.7. The Balaban J connectivity index is 0.000000138. The molecule has 29 nitrogen and oxygen atoms in total. The molecule has 752 valence electrons. The van der Waals surface area contributed by atoms with Gasteiger partial charge in [0, 0.05) is 178 Å². The molecule has 0 saturated heterocycles. The molecular formula is C110H118Cl5N15O14. The lowest BCUT2D eigenvalue weighted by molar-refractivity contribution is 0.0887. The monoisotopic (exact) mass is 2050 g/mol. The Bertz CT molecular complexity index is 6830. The summed E-state index contributed by atoms with van der Waals surface area (Å²) in [6.07, 6.45) is 12.0. The van der Waals surface area contributed by atoms with Gasteiger partial charge >= 0.3 is 24.4 Å². The minimum Gasteiger partial charge on any atom is -0.494 e. The third-order valence-corrected chi connectivity index (χ3v) is 26.8. The number of aryl methyl sites for hydroxylation is 3. The van der Waals surface area contributed by atoms with Crippen LogP contribution < -0.4 is 23.7 Å². The second-order valence-corrected chi connectivity index (χ2v) is 37.2. The van der Waals surface area contributed by atoms with E-state index in [2.05, 4.69) is 56.8 Å². The first-order chi connectivity index (χ1) is 70.3. The fourth-order valence-corrected chi connectivity index (χ4v) is 19.5. The van der Waals surface area contributed by atoms with Gasteiger partial charge in [-0.25, -0.2) is 29.1 Å². The number of rotatable bonds is 34. The van der Waals surface area contributed by atoms with Gasteiger partial charge in [-0.2, -0.15) is 10.2 Å². The van der Waals surface area contributed by atoms with Crippen LogP contribution in [0.1, 0.15) is 150 Å². The summed E-state index contributed by atoms with van der Waals surface area (Å²) < 4.78 is 59.8. The molecule has 4 amide bonds. The predicted molar refractivity (Wildman–Crippen MR) is 560 cm³/mol. The van der Waals surface area contributed by atoms with Crippen LogP contribution in [-0.4, -0.2) is 224 Å². The molecule has 34 heteroatoms. The first-order valence-electron chi connectivity index (χ1n) is 48.6. The number of nitrogens with zero attached hydrogens (tertiary/aromatic N) is 11. The lowest BCUT2D eigenvalue weighted by atomic mass is 9.92. The average Bonchev–Trinajstić information content (AvgIpc) is 1.61. The number of carbonyl (C=O) groups is 4. The first kappa shape index (κ1) is 103. The van der Waals surface area contributed by atoms with E-state index in [0.717, 1.165) is 195 Å². The lowest BCUT2D eigenvalue weighted by Gasteiger charge is -2.35. The quantitative estimate of drug-likeness (QED) is 0.0126. The largest absolute Gasteiger partial charge is 0.494 e. The van der Waals surface area contributed by atoms with Crippen LogP contribution in [0.3, 0.4) is 0 Å². The van der Waals surface area contributed by atoms with Crippen LogP contribution in [-0.2, 0) is 62.5 Å². The molecule has 15 aromatic rings. The maximum atomic E-state index is 13.5. The maximum absolute atomic E-state index is 13.5. The van der Waals surface area contributed by atoms with Crippen molar-refractivity contribution >= 4 is 126 Å². The highest BCUT2D eigenvalue weighted by Gasteiger charge is 2.41. The van der Waals surface area contributed by atoms with Crippen molar-refractivity contribution in [3.8, 4) is 40.6 Å². The van der Waals surface area contributed by atoms with E-state index in [-0.39, 0.29) is 55.1 Å². The van der Waals surface area contributed by atoms with Crippen LogP contribution in [0.4, 0.5) is 19.2 Å². The summed E-state index contributed by atoms with van der Waals surface area (Å²) in [5.74, 6) is 9.74. The van der Waals surface area contributed by atoms with Crippen molar-refractivity contribution in [1.29, 1.82) is 0 Å². The molecule has 144 heavy (non-hydrogen) atoms. The van der Waals surface area contributed by atoms with Crippen molar-refractivity contribution < 1.29 is 66.5 Å². The number of hydrogen-bond acceptors (Lipinski definition) is 19. The zero-order valence-corrected chi connectivity index (χ0v) is 85.2. The third-order valence-electron chi connectivity index (χ3n) is 25.6. The van der Waals surface area contributed by atoms with Gasteiger partial charge in [-0.05, 0) is 244 Å². The lowest BCUT2D eigenvalue weighted by Crippen LogP contribution is -2.42. The summed E-state index contributed by atoms with van der Waals surface area (Å²) in [6.45, 7) is 18.4. The standard InChI is InChI=1S/C30H28ClN5O3.C29H38ClN3O5.C26H28ClN5O3.C25H24Cl2N2O3/c1-20-3-8-24(9-4-20)39-30(37)36-15-13-25-26-17-22(31)7-12-27(26)34-28(25)29(36)21-5-10-23(11-6-21)38-16-2-14-35-19-32-18-33-35;1-4-37-29(34)33-14-12-24-25-20-22(30)8-11-26(25)31-27(24)28(33)21-6-9-23(10-7-21)38-17-5-13-32(15-18-35-2)16-19-36-3;1-2-13-35-26(33)32-12-10-21-22-15-19(27)6-9-23(22)30-24(21)25(32)18-4-7-20(8-5-18)34-14-3-11-31-17-28-16-29-31;1-2-3-14-32-25(30)29-13-11-20-21-16-18(27)7-10-22(21)28-23(20)24(29)17-5-8-19(9-6-17)31-15-4-12-26/h3-12,17-19,29,34H,2,13-16H2,1H3;6-11,20,28,31H,4-5,12-19H2,1-3H3;4-9,15-17,25,30H,2-3,10-14H2,1H3;5-10,16,24,28H,4,11-15H2,1H3. The Morgan fingerprint density at radius 1 is 0.403 bits per heavy atom. The topological polar surface area (TPSA) is 301 Å². The number of halogens is 5. The van der Waals surface area contributed by atoms with Gasteiger partial charge in [-0.3, -0.25) is 33.9 Å². The molecule has 4 N–H and O–H groups in total. The Labute approximate surface area is 861 Å². The van der Waals surface area contributed by atoms with Crippen LogP contribution in [0, 0.1) is 18.8 Å². The van der Waals surface area contributed by atoms with Gasteiger partial charge < -0.3 is 67.3 Å². The van der Waals surface area contributed by atoms with Crippen molar-refractivity contribution in [1.82, 2.24) is 74.0 Å². The molecule has 4 aliphatic heterocycles. The van der Waals surface area contributed by atoms with Crippen molar-refractivity contribution in [3.05, 3.63) is 312 Å². The van der Waals surface area contributed by atoms with E-state index >= 15 is 0 Å². The summed E-state index contributed by atoms with van der Waals surface area (Å²) in [6, 6.07) is 61.3. The molecule has 0 bridgehead atoms. The Morgan fingerprint density at radius 2 is 0.743 bits per heavy atom. The number of ether oxygens (including phenoxy) is 10. The second-order valence-electron chi connectivity index (χ2n) is 35.1. The van der Waals surface area contributed by atoms with Crippen LogP contribution in [0.5, 0.6) is 28.7 Å². The van der Waals surface area contributed by atoms with Gasteiger partial charge in [0.1, 0.15) is 78.2 Å². The number of amides is 4. The average molecular weight is 2050 g/mol. The number of aromatic nitrogens is 10. The van der Waals surface area contributed by atoms with E-state index in [9.17, 15) is 19.2 Å². The second kappa shape index (κ2) is 50.7. The summed E-state index contributed by atoms with van der Waals surface area (Å²) in [4.78, 5) is 83.9. The SMILES string of the molecule is CC#CCOC(=O)N1CCc2c([nH]c3ccc(Cl)cc23)C1c1ccc(OCCCCl)cc1.CCCOC(=O)N1CCc2c([nH]c3ccc(Cl)cc23)C1c1ccc(OCCCn2cncn2)cc1.CCOC(=O)N1CCc2c([nH]c3ccc(Cl)cc23)C1c1ccc(OCCCN(CCOC)CCOC)cc1.Cc1ccc(OC(=O)N2CCc3c([nH]c4ccc(Cl)cc34)C2c2ccc(OCCCn3cncn3)cc2)cc1. The minimum atomic E-state index is -0.389. The molecule has 4 unspecified atom stereocenters. The molecule has 4 atom stereocenters. The number of fused-ring (bicyclic) bond motifs is 12. The number of hydrogen-bond donors (Lipinski definition) is 4. The molecule has 4 aliphatic rings. The fraction of sp³-hybridized carbons (Fsp3) is 0.345. The van der Waals surface area contributed by atoms with E-state index in [1.165, 1.54) is 34.9 Å². The van der Waals surface area contributed by atoms with Crippen molar-refractivity contribution in [2.45, 2.75) is 123 Å². The molecule has 0 saturated carbocycles. The van der Waals surface area contributed by atoms with Gasteiger partial charge in [-0.1, -0.05) is 125 Å². The van der Waals surface area contributed by atoms with Gasteiger partial charge in [0.15, 0.2) is 6.61 Å². The normalized spacial score (nSPS) is 15.1. The summed E-state index contributed by atoms with van der Waals surface area (Å²) >= 11 is 30.9. The number of carbonyl (C=O) groups excluding carboxylic acids is 4. The molecule has 0 fully saturated rings. The zero-order chi connectivity index (χ0) is 100. The highest BCUT2D eigenvalue weighted by Crippen LogP contribution is 2.46. The van der Waals surface area contributed by atoms with Crippen LogP contribution in [0.15, 0.2) is 219 Å². The summed E-state index contributed by atoms with van der Waals surface area (Å²) in [7, 11) is 3.43. The van der Waals surface area contributed by atoms with Gasteiger partial charge in [0.05, 0.1) is 52.9 Å². The minimum absolute atomic E-state index is 0.0705. The molecule has 9 aromatic carbocycles. The summed E-state index contributed by atoms with van der Waals surface area (Å²) in [5, 5.41) is 15.4. The van der Waals surface area contributed by atoms with Crippen molar-refractivity contribution in [2.24, 2.45) is 0 Å². The van der Waals surface area contributed by atoms with Gasteiger partial charge in [0.2, 0.25) is 0 Å². The highest BCUT2D eigenvalue weighted by atomic mass is 35.5. The molecular weight excluding hydrogens is 1930 g/mol. The predicted octanol–water partition coefficient (Wildman–Crippen LogP) is 22.9. The smallest absolute Gasteiger partial charge is 0.416 e. The summed E-state index contributed by atoms with van der Waals surface area (Å²) in [5.41, 5.74) is 17.7. The number of aromatic amines is 4. The molecule has 10 heterocycles. The molecule has 6 aromatic heterocycles. The Hall–Kier alpha value is -13.4. The van der Waals surface area contributed by atoms with Crippen molar-refractivity contribution in [2.75, 3.05) is 125 Å². The van der Waals surface area contributed by atoms with Crippen LogP contribution in [0.25, 0.3) is 43.6 Å². The van der Waals surface area contributed by atoms with E-state index in [4.69, 9.17) is 105 Å². The third kappa shape index (κ3) is 25.8. The number of alkyl halides is 1. The van der Waals surface area contributed by atoms with E-state index in [1.807, 2.05) is 220 Å². The van der Waals surface area contributed by atoms with Crippen LogP contribution >= 0.6 is 58.0 Å². The van der Waals surface area contributed by atoms with Gasteiger partial charge in [-0.15, -0.1) is 17.5 Å². The number of H-pyrrole nitrogens is 4. The molecule has 0 radical (unpaired) electrons. The molecule has 19 rings (SSSR count). The number of methoxy groups -OCH3 is 2. The van der Waals surface area contributed by atoms with E-state index in [1.54, 1.807) is 57.9 Å². The van der Waals surface area contributed by atoms with Crippen molar-refractivity contribution in [3.63, 3.8) is 0 Å². The Kier molecular flexibility index (Phi) is 36.4. The Morgan fingerprint density at radius 3 is 1.08 bits per heavy atom.